The molecule has 0 radical (unpaired) electrons. The van der Waals surface area contributed by atoms with Crippen LogP contribution in [-0.4, -0.2) is 46.7 Å². The summed E-state index contributed by atoms with van der Waals surface area (Å²) in [5, 5.41) is 4.19. The van der Waals surface area contributed by atoms with Crippen molar-refractivity contribution in [3.8, 4) is 16.9 Å². The molecule has 0 aliphatic carbocycles. The Morgan fingerprint density at radius 3 is 2.61 bits per heavy atom. The van der Waals surface area contributed by atoms with Gasteiger partial charge in [0.25, 0.3) is 0 Å². The fourth-order valence-electron chi connectivity index (χ4n) is 2.41. The summed E-state index contributed by atoms with van der Waals surface area (Å²) in [6, 6.07) is 10.2. The van der Waals surface area contributed by atoms with E-state index in [1.165, 1.54) is 0 Å². The van der Waals surface area contributed by atoms with Gasteiger partial charge in [-0.1, -0.05) is 12.1 Å². The van der Waals surface area contributed by atoms with Crippen LogP contribution in [0.15, 0.2) is 36.5 Å². The molecule has 3 aromatic rings. The fraction of sp³-hybridized carbons (Fsp3) is 0.294. The number of benzene rings is 1. The summed E-state index contributed by atoms with van der Waals surface area (Å²) in [5.74, 6) is 1.16. The van der Waals surface area contributed by atoms with Gasteiger partial charge < -0.3 is 15.4 Å². The smallest absolute Gasteiger partial charge is 0.240 e. The largest absolute Gasteiger partial charge is 0.492 e. The lowest BCUT2D eigenvalue weighted by Crippen LogP contribution is -2.19. The monoisotopic (exact) mass is 311 g/mol. The van der Waals surface area contributed by atoms with Gasteiger partial charge in [0.2, 0.25) is 5.95 Å². The molecule has 6 heteroatoms. The number of hydrogen-bond acceptors (Lipinski definition) is 5. The number of hydrogen-bond donors (Lipinski definition) is 1. The summed E-state index contributed by atoms with van der Waals surface area (Å²) in [4.78, 5) is 6.31. The number of anilines is 1. The van der Waals surface area contributed by atoms with Gasteiger partial charge in [-0.25, -0.2) is 4.52 Å². The van der Waals surface area contributed by atoms with Crippen molar-refractivity contribution in [1.82, 2.24) is 19.5 Å². The Balaban J connectivity index is 1.81. The molecule has 0 amide bonds. The molecule has 0 saturated carbocycles. The van der Waals surface area contributed by atoms with Crippen molar-refractivity contribution in [2.24, 2.45) is 0 Å². The zero-order valence-electron chi connectivity index (χ0n) is 13.7. The van der Waals surface area contributed by atoms with Crippen molar-refractivity contribution in [3.63, 3.8) is 0 Å². The summed E-state index contributed by atoms with van der Waals surface area (Å²) in [7, 11) is 4.06. The lowest BCUT2D eigenvalue weighted by atomic mass is 10.1. The van der Waals surface area contributed by atoms with Gasteiger partial charge in [-0.2, -0.15) is 4.98 Å². The Hall–Kier alpha value is -2.60. The lowest BCUT2D eigenvalue weighted by Gasteiger charge is -2.11. The highest BCUT2D eigenvalue weighted by Crippen LogP contribution is 2.24. The first-order chi connectivity index (χ1) is 11.0. The third-order valence-corrected chi connectivity index (χ3v) is 3.63. The van der Waals surface area contributed by atoms with E-state index in [4.69, 9.17) is 10.5 Å². The summed E-state index contributed by atoms with van der Waals surface area (Å²) in [5.41, 5.74) is 9.67. The molecule has 3 rings (SSSR count). The first-order valence-corrected chi connectivity index (χ1v) is 7.53. The van der Waals surface area contributed by atoms with Crippen LogP contribution in [0.25, 0.3) is 16.8 Å². The molecule has 0 fully saturated rings. The average Bonchev–Trinajstić information content (AvgIpc) is 2.88. The van der Waals surface area contributed by atoms with Crippen molar-refractivity contribution < 1.29 is 4.74 Å². The predicted octanol–water partition coefficient (Wildman–Crippen LogP) is 2.23. The minimum atomic E-state index is 0.287. The molecule has 0 bridgehead atoms. The molecule has 0 aliphatic heterocycles. The van der Waals surface area contributed by atoms with E-state index in [9.17, 15) is 0 Å². The molecule has 6 nitrogen and oxygen atoms in total. The molecule has 0 unspecified atom stereocenters. The number of aromatic nitrogens is 3. The Morgan fingerprint density at radius 1 is 1.17 bits per heavy atom. The highest BCUT2D eigenvalue weighted by atomic mass is 16.5. The predicted molar refractivity (Wildman–Crippen MR) is 91.6 cm³/mol. The molecule has 2 heterocycles. The van der Waals surface area contributed by atoms with Crippen molar-refractivity contribution in [1.29, 1.82) is 0 Å². The van der Waals surface area contributed by atoms with Crippen LogP contribution < -0.4 is 10.5 Å². The van der Waals surface area contributed by atoms with Crippen LogP contribution in [0.4, 0.5) is 5.95 Å². The Morgan fingerprint density at radius 2 is 1.91 bits per heavy atom. The zero-order chi connectivity index (χ0) is 16.4. The lowest BCUT2D eigenvalue weighted by molar-refractivity contribution is 0.261. The molecular weight excluding hydrogens is 290 g/mol. The first kappa shape index (κ1) is 15.3. The summed E-state index contributed by atoms with van der Waals surface area (Å²) < 4.78 is 7.44. The van der Waals surface area contributed by atoms with Gasteiger partial charge in [-0.05, 0) is 50.3 Å². The third-order valence-electron chi connectivity index (χ3n) is 3.63. The average molecular weight is 311 g/mol. The third kappa shape index (κ3) is 3.43. The number of rotatable bonds is 5. The number of nitrogens with two attached hydrogens (primary N) is 1. The van der Waals surface area contributed by atoms with E-state index in [0.717, 1.165) is 34.6 Å². The van der Waals surface area contributed by atoms with Crippen LogP contribution in [0.2, 0.25) is 0 Å². The van der Waals surface area contributed by atoms with Crippen LogP contribution in [-0.2, 0) is 0 Å². The zero-order valence-corrected chi connectivity index (χ0v) is 13.7. The molecular formula is C17H21N5O. The summed E-state index contributed by atoms with van der Waals surface area (Å²) in [6.07, 6.45) is 1.94. The van der Waals surface area contributed by atoms with Crippen molar-refractivity contribution in [3.05, 3.63) is 42.1 Å². The van der Waals surface area contributed by atoms with Crippen LogP contribution in [0.5, 0.6) is 5.75 Å². The molecule has 23 heavy (non-hydrogen) atoms. The summed E-state index contributed by atoms with van der Waals surface area (Å²) in [6.45, 7) is 3.58. The maximum Gasteiger partial charge on any atom is 0.240 e. The minimum absolute atomic E-state index is 0.287. The number of nitrogen functional groups attached to an aromatic ring is 1. The SMILES string of the molecule is Cc1cc(-c2ccc(OCCN(C)C)cc2)cn2nc(N)nc12. The van der Waals surface area contributed by atoms with Crippen molar-refractivity contribution in [2.45, 2.75) is 6.92 Å². The number of nitrogens with zero attached hydrogens (tertiary/aromatic N) is 4. The molecule has 2 N–H and O–H groups in total. The maximum atomic E-state index is 5.72. The van der Waals surface area contributed by atoms with E-state index in [1.54, 1.807) is 4.52 Å². The normalized spacial score (nSPS) is 11.3. The summed E-state index contributed by atoms with van der Waals surface area (Å²) >= 11 is 0. The van der Waals surface area contributed by atoms with Crippen LogP contribution in [0, 0.1) is 6.92 Å². The molecule has 0 atom stereocenters. The fourth-order valence-corrected chi connectivity index (χ4v) is 2.41. The van der Waals surface area contributed by atoms with E-state index < -0.39 is 0 Å². The van der Waals surface area contributed by atoms with Crippen molar-refractivity contribution in [2.75, 3.05) is 33.0 Å². The minimum Gasteiger partial charge on any atom is -0.492 e. The molecule has 0 aliphatic rings. The Labute approximate surface area is 135 Å². The van der Waals surface area contributed by atoms with Gasteiger partial charge in [0.1, 0.15) is 12.4 Å². The topological polar surface area (TPSA) is 68.7 Å². The van der Waals surface area contributed by atoms with Gasteiger partial charge in [0.05, 0.1) is 0 Å². The van der Waals surface area contributed by atoms with Crippen LogP contribution in [0.1, 0.15) is 5.56 Å². The van der Waals surface area contributed by atoms with Gasteiger partial charge in [0, 0.05) is 18.3 Å². The van der Waals surface area contributed by atoms with Crippen LogP contribution in [0.3, 0.4) is 0 Å². The number of ether oxygens (including phenoxy) is 1. The van der Waals surface area contributed by atoms with Crippen molar-refractivity contribution >= 4 is 11.6 Å². The van der Waals surface area contributed by atoms with Gasteiger partial charge >= 0.3 is 0 Å². The second kappa shape index (κ2) is 6.26. The molecule has 120 valence electrons. The van der Waals surface area contributed by atoms with E-state index in [1.807, 2.05) is 51.5 Å². The first-order valence-electron chi connectivity index (χ1n) is 7.53. The second-order valence-electron chi connectivity index (χ2n) is 5.83. The second-order valence-corrected chi connectivity index (χ2v) is 5.83. The Kier molecular flexibility index (Phi) is 4.16. The van der Waals surface area contributed by atoms with Gasteiger partial charge in [-0.3, -0.25) is 0 Å². The van der Waals surface area contributed by atoms with E-state index >= 15 is 0 Å². The van der Waals surface area contributed by atoms with Gasteiger partial charge in [0.15, 0.2) is 5.65 Å². The van der Waals surface area contributed by atoms with E-state index in [-0.39, 0.29) is 5.95 Å². The quantitative estimate of drug-likeness (QED) is 0.782. The number of fused-ring (bicyclic) bond motifs is 1. The highest BCUT2D eigenvalue weighted by Gasteiger charge is 2.07. The molecule has 2 aromatic heterocycles. The standard InChI is InChI=1S/C17H21N5O/c1-12-10-14(11-22-16(12)19-17(18)20-22)13-4-6-15(7-5-13)23-9-8-21(2)3/h4-7,10-11H,8-9H2,1-3H3,(H2,18,20). The molecule has 1 aromatic carbocycles. The number of aryl methyl sites for hydroxylation is 1. The van der Waals surface area contributed by atoms with Crippen LogP contribution >= 0.6 is 0 Å². The van der Waals surface area contributed by atoms with E-state index in [2.05, 4.69) is 21.0 Å². The number of pyridine rings is 1. The van der Waals surface area contributed by atoms with E-state index in [0.29, 0.717) is 6.61 Å². The molecule has 0 spiro atoms. The highest BCUT2D eigenvalue weighted by molar-refractivity contribution is 5.67. The number of likely N-dealkylation sites (N-methyl/N-ethyl adjacent to an activating group) is 1. The Bertz CT molecular complexity index is 808. The molecule has 0 saturated heterocycles. The maximum absolute atomic E-state index is 5.72. The van der Waals surface area contributed by atoms with Gasteiger partial charge in [-0.15, -0.1) is 5.10 Å².